The van der Waals surface area contributed by atoms with Gasteiger partial charge in [0.2, 0.25) is 11.9 Å². The highest BCUT2D eigenvalue weighted by atomic mass is 15.4. The second-order valence-corrected chi connectivity index (χ2v) is 5.60. The van der Waals surface area contributed by atoms with Gasteiger partial charge in [-0.2, -0.15) is 20.1 Å². The monoisotopic (exact) mass is 271 g/mol. The first-order valence-corrected chi connectivity index (χ1v) is 7.06. The molecular formula is C13H17N7. The van der Waals surface area contributed by atoms with Crippen LogP contribution in [-0.2, 0) is 0 Å². The highest BCUT2D eigenvalue weighted by Gasteiger charge is 2.37. The van der Waals surface area contributed by atoms with Crippen molar-refractivity contribution in [1.29, 1.82) is 0 Å². The fourth-order valence-electron chi connectivity index (χ4n) is 3.40. The van der Waals surface area contributed by atoms with Gasteiger partial charge in [0.1, 0.15) is 0 Å². The number of rotatable bonds is 2. The third-order valence-corrected chi connectivity index (χ3v) is 4.35. The van der Waals surface area contributed by atoms with Gasteiger partial charge in [-0.1, -0.05) is 6.42 Å². The molecule has 0 radical (unpaired) electrons. The molecule has 4 rings (SSSR count). The molecule has 1 aliphatic heterocycles. The summed E-state index contributed by atoms with van der Waals surface area (Å²) in [5, 5.41) is 4.14. The SMILES string of the molecule is Nc1nc(N2CC3CCCC3C2)nc(-n2cccn2)n1. The molecule has 7 heteroatoms. The summed E-state index contributed by atoms with van der Waals surface area (Å²) >= 11 is 0. The molecule has 2 aliphatic rings. The minimum Gasteiger partial charge on any atom is -0.368 e. The summed E-state index contributed by atoms with van der Waals surface area (Å²) in [6.45, 7) is 2.07. The zero-order valence-corrected chi connectivity index (χ0v) is 11.2. The summed E-state index contributed by atoms with van der Waals surface area (Å²) in [7, 11) is 0. The largest absolute Gasteiger partial charge is 0.368 e. The molecule has 1 saturated heterocycles. The number of nitrogens with two attached hydrogens (primary N) is 1. The minimum atomic E-state index is 0.248. The van der Waals surface area contributed by atoms with Crippen LogP contribution in [0, 0.1) is 11.8 Å². The lowest BCUT2D eigenvalue weighted by molar-refractivity contribution is 0.494. The predicted molar refractivity (Wildman–Crippen MR) is 74.4 cm³/mol. The van der Waals surface area contributed by atoms with Gasteiger partial charge in [0, 0.05) is 25.5 Å². The van der Waals surface area contributed by atoms with Crippen molar-refractivity contribution in [1.82, 2.24) is 24.7 Å². The van der Waals surface area contributed by atoms with E-state index in [9.17, 15) is 0 Å². The van der Waals surface area contributed by atoms with E-state index in [1.165, 1.54) is 19.3 Å². The van der Waals surface area contributed by atoms with Crippen LogP contribution >= 0.6 is 0 Å². The number of aromatic nitrogens is 5. The third-order valence-electron chi connectivity index (χ3n) is 4.35. The van der Waals surface area contributed by atoms with Crippen LogP contribution in [0.3, 0.4) is 0 Å². The van der Waals surface area contributed by atoms with Gasteiger partial charge in [-0.25, -0.2) is 4.68 Å². The lowest BCUT2D eigenvalue weighted by atomic mass is 10.0. The molecule has 7 nitrogen and oxygen atoms in total. The van der Waals surface area contributed by atoms with Crippen LogP contribution in [0.15, 0.2) is 18.5 Å². The molecule has 20 heavy (non-hydrogen) atoms. The third kappa shape index (κ3) is 1.90. The number of hydrogen-bond acceptors (Lipinski definition) is 6. The lowest BCUT2D eigenvalue weighted by Crippen LogP contribution is -2.24. The Labute approximate surface area is 116 Å². The standard InChI is InChI=1S/C13H17N7/c14-11-16-12(18-13(17-11)20-6-2-5-15-20)19-7-9-3-1-4-10(9)8-19/h2,5-6,9-10H,1,3-4,7-8H2,(H2,14,16,17,18). The van der Waals surface area contributed by atoms with E-state index in [1.54, 1.807) is 17.1 Å². The number of nitrogens with zero attached hydrogens (tertiary/aromatic N) is 6. The Balaban J connectivity index is 1.65. The number of nitrogen functional groups attached to an aromatic ring is 1. The van der Waals surface area contributed by atoms with Gasteiger partial charge in [0.15, 0.2) is 0 Å². The smallest absolute Gasteiger partial charge is 0.257 e. The van der Waals surface area contributed by atoms with Gasteiger partial charge >= 0.3 is 0 Å². The van der Waals surface area contributed by atoms with Gasteiger partial charge in [0.25, 0.3) is 5.95 Å². The number of anilines is 2. The van der Waals surface area contributed by atoms with E-state index in [0.717, 1.165) is 24.9 Å². The van der Waals surface area contributed by atoms with E-state index < -0.39 is 0 Å². The van der Waals surface area contributed by atoms with Crippen molar-refractivity contribution in [3.05, 3.63) is 18.5 Å². The summed E-state index contributed by atoms with van der Waals surface area (Å²) in [5.74, 6) is 2.99. The summed E-state index contributed by atoms with van der Waals surface area (Å²) in [4.78, 5) is 15.2. The Morgan fingerprint density at radius 2 is 1.80 bits per heavy atom. The van der Waals surface area contributed by atoms with Crippen LogP contribution in [0.25, 0.3) is 5.95 Å². The maximum atomic E-state index is 5.82. The summed E-state index contributed by atoms with van der Waals surface area (Å²) in [6, 6.07) is 1.83. The second kappa shape index (κ2) is 4.43. The predicted octanol–water partition coefficient (Wildman–Crippen LogP) is 0.876. The van der Waals surface area contributed by atoms with E-state index >= 15 is 0 Å². The fourth-order valence-corrected chi connectivity index (χ4v) is 3.40. The first-order valence-electron chi connectivity index (χ1n) is 7.06. The normalized spacial score (nSPS) is 25.1. The molecule has 1 saturated carbocycles. The van der Waals surface area contributed by atoms with Crippen molar-refractivity contribution in [2.75, 3.05) is 23.7 Å². The molecule has 0 bridgehead atoms. The van der Waals surface area contributed by atoms with Crippen LogP contribution in [0.5, 0.6) is 0 Å². The molecule has 0 amide bonds. The highest BCUT2D eigenvalue weighted by Crippen LogP contribution is 2.38. The van der Waals surface area contributed by atoms with Crippen molar-refractivity contribution in [3.63, 3.8) is 0 Å². The Kier molecular flexibility index (Phi) is 2.58. The van der Waals surface area contributed by atoms with Gasteiger partial charge < -0.3 is 10.6 Å². The minimum absolute atomic E-state index is 0.248. The summed E-state index contributed by atoms with van der Waals surface area (Å²) in [6.07, 6.45) is 7.51. The molecule has 2 aromatic heterocycles. The molecule has 3 heterocycles. The van der Waals surface area contributed by atoms with E-state index in [-0.39, 0.29) is 5.95 Å². The maximum absolute atomic E-state index is 5.82. The average Bonchev–Trinajstić information content (AvgIpc) is 3.14. The van der Waals surface area contributed by atoms with E-state index in [0.29, 0.717) is 11.9 Å². The molecule has 104 valence electrons. The Bertz CT molecular complexity index is 597. The van der Waals surface area contributed by atoms with Gasteiger partial charge in [-0.15, -0.1) is 0 Å². The zero-order valence-electron chi connectivity index (χ0n) is 11.2. The summed E-state index contributed by atoms with van der Waals surface area (Å²) in [5.41, 5.74) is 5.82. The molecule has 0 spiro atoms. The highest BCUT2D eigenvalue weighted by molar-refractivity contribution is 5.39. The quantitative estimate of drug-likeness (QED) is 0.872. The zero-order chi connectivity index (χ0) is 13.5. The Hall–Kier alpha value is -2.18. The van der Waals surface area contributed by atoms with Crippen molar-refractivity contribution in [3.8, 4) is 5.95 Å². The van der Waals surface area contributed by atoms with Gasteiger partial charge in [-0.05, 0) is 30.7 Å². The molecule has 1 aliphatic carbocycles. The first-order chi connectivity index (χ1) is 9.79. The van der Waals surface area contributed by atoms with Crippen molar-refractivity contribution >= 4 is 11.9 Å². The molecule has 2 unspecified atom stereocenters. The molecule has 0 aromatic carbocycles. The second-order valence-electron chi connectivity index (χ2n) is 5.60. The molecule has 2 N–H and O–H groups in total. The molecule has 2 fully saturated rings. The fraction of sp³-hybridized carbons (Fsp3) is 0.538. The van der Waals surface area contributed by atoms with Gasteiger partial charge in [-0.3, -0.25) is 0 Å². The van der Waals surface area contributed by atoms with E-state index in [2.05, 4.69) is 25.0 Å². The van der Waals surface area contributed by atoms with E-state index in [4.69, 9.17) is 5.73 Å². The molecule has 2 atom stereocenters. The summed E-state index contributed by atoms with van der Waals surface area (Å²) < 4.78 is 1.61. The number of fused-ring (bicyclic) bond motifs is 1. The van der Waals surface area contributed by atoms with Crippen LogP contribution in [0.2, 0.25) is 0 Å². The van der Waals surface area contributed by atoms with Crippen LogP contribution in [-0.4, -0.2) is 37.8 Å². The van der Waals surface area contributed by atoms with E-state index in [1.807, 2.05) is 6.07 Å². The van der Waals surface area contributed by atoms with Crippen LogP contribution < -0.4 is 10.6 Å². The van der Waals surface area contributed by atoms with Crippen molar-refractivity contribution in [2.24, 2.45) is 11.8 Å². The Morgan fingerprint density at radius 1 is 1.05 bits per heavy atom. The van der Waals surface area contributed by atoms with Crippen LogP contribution in [0.1, 0.15) is 19.3 Å². The first kappa shape index (κ1) is 11.6. The lowest BCUT2D eigenvalue weighted by Gasteiger charge is -2.17. The van der Waals surface area contributed by atoms with Crippen LogP contribution in [0.4, 0.5) is 11.9 Å². The van der Waals surface area contributed by atoms with Crippen molar-refractivity contribution < 1.29 is 0 Å². The molecule has 2 aromatic rings. The van der Waals surface area contributed by atoms with Gasteiger partial charge in [0.05, 0.1) is 0 Å². The van der Waals surface area contributed by atoms with Crippen molar-refractivity contribution in [2.45, 2.75) is 19.3 Å². The topological polar surface area (TPSA) is 85.8 Å². The average molecular weight is 271 g/mol. The number of hydrogen-bond donors (Lipinski definition) is 1. The maximum Gasteiger partial charge on any atom is 0.257 e. The molecular weight excluding hydrogens is 254 g/mol. The Morgan fingerprint density at radius 3 is 2.50 bits per heavy atom.